The van der Waals surface area contributed by atoms with Crippen LogP contribution in [0.5, 0.6) is 0 Å². The molecule has 1 rings (SSSR count). The molecule has 24 heavy (non-hydrogen) atoms. The zero-order valence-electron chi connectivity index (χ0n) is 15.5. The van der Waals surface area contributed by atoms with E-state index in [-0.39, 0.29) is 11.9 Å². The van der Waals surface area contributed by atoms with Crippen LogP contribution in [0, 0.1) is 0 Å². The average Bonchev–Trinajstić information content (AvgIpc) is 3.08. The maximum Gasteiger partial charge on any atom is 0.273 e. The molecule has 1 aromatic heterocycles. The maximum absolute atomic E-state index is 12.0. The van der Waals surface area contributed by atoms with Gasteiger partial charge in [-0.2, -0.15) is 0 Å². The second kappa shape index (κ2) is 13.0. The van der Waals surface area contributed by atoms with E-state index in [1.807, 2.05) is 0 Å². The van der Waals surface area contributed by atoms with Crippen LogP contribution in [0.3, 0.4) is 0 Å². The standard InChI is InChI=1S/C19H35N3O2/c1-3-5-7-8-9-10-11-12-14-21-18(23)17-15-24-19(22-17)16(20)13-6-4-2/h15-16H,3-14,20H2,1-2H3,(H,21,23). The molecule has 0 bridgehead atoms. The predicted molar refractivity (Wildman–Crippen MR) is 97.9 cm³/mol. The van der Waals surface area contributed by atoms with Crippen LogP contribution in [0.4, 0.5) is 0 Å². The fraction of sp³-hybridized carbons (Fsp3) is 0.789. The molecule has 1 aromatic rings. The monoisotopic (exact) mass is 337 g/mol. The highest BCUT2D eigenvalue weighted by Crippen LogP contribution is 2.16. The zero-order valence-corrected chi connectivity index (χ0v) is 15.5. The number of hydrogen-bond donors (Lipinski definition) is 2. The Kier molecular flexibility index (Phi) is 11.2. The van der Waals surface area contributed by atoms with Crippen molar-refractivity contribution in [1.82, 2.24) is 10.3 Å². The van der Waals surface area contributed by atoms with Gasteiger partial charge in [0.15, 0.2) is 5.69 Å². The van der Waals surface area contributed by atoms with Crippen molar-refractivity contribution in [3.05, 3.63) is 17.8 Å². The molecule has 0 radical (unpaired) electrons. The SMILES string of the molecule is CCCCCCCCCCNC(=O)c1coc(C(N)CCCC)n1. The molecular weight excluding hydrogens is 302 g/mol. The van der Waals surface area contributed by atoms with Crippen molar-refractivity contribution in [3.63, 3.8) is 0 Å². The smallest absolute Gasteiger partial charge is 0.273 e. The zero-order chi connectivity index (χ0) is 17.6. The van der Waals surface area contributed by atoms with E-state index in [1.165, 1.54) is 51.2 Å². The minimum absolute atomic E-state index is 0.171. The molecule has 0 aliphatic rings. The van der Waals surface area contributed by atoms with Crippen molar-refractivity contribution in [2.45, 2.75) is 90.5 Å². The summed E-state index contributed by atoms with van der Waals surface area (Å²) in [6.45, 7) is 5.05. The molecule has 1 unspecified atom stereocenters. The molecule has 1 amide bonds. The molecule has 0 saturated heterocycles. The number of carbonyl (C=O) groups excluding carboxylic acids is 1. The number of rotatable bonds is 14. The summed E-state index contributed by atoms with van der Waals surface area (Å²) in [5, 5.41) is 2.90. The molecule has 0 aliphatic carbocycles. The van der Waals surface area contributed by atoms with Gasteiger partial charge >= 0.3 is 0 Å². The minimum Gasteiger partial charge on any atom is -0.446 e. The summed E-state index contributed by atoms with van der Waals surface area (Å²) in [5.41, 5.74) is 6.34. The maximum atomic E-state index is 12.0. The summed E-state index contributed by atoms with van der Waals surface area (Å²) in [4.78, 5) is 16.2. The van der Waals surface area contributed by atoms with Gasteiger partial charge in [-0.25, -0.2) is 4.98 Å². The number of nitrogens with one attached hydrogen (secondary N) is 1. The lowest BCUT2D eigenvalue weighted by Crippen LogP contribution is -2.25. The largest absolute Gasteiger partial charge is 0.446 e. The van der Waals surface area contributed by atoms with E-state index in [9.17, 15) is 4.79 Å². The van der Waals surface area contributed by atoms with E-state index in [4.69, 9.17) is 10.2 Å². The van der Waals surface area contributed by atoms with Crippen LogP contribution in [0.1, 0.15) is 107 Å². The van der Waals surface area contributed by atoms with E-state index < -0.39 is 0 Å². The Labute approximate surface area is 146 Å². The van der Waals surface area contributed by atoms with Gasteiger partial charge in [0.2, 0.25) is 5.89 Å². The van der Waals surface area contributed by atoms with Gasteiger partial charge in [0.25, 0.3) is 5.91 Å². The van der Waals surface area contributed by atoms with Crippen molar-refractivity contribution in [2.24, 2.45) is 5.73 Å². The van der Waals surface area contributed by atoms with Crippen LogP contribution >= 0.6 is 0 Å². The van der Waals surface area contributed by atoms with Gasteiger partial charge in [0.1, 0.15) is 6.26 Å². The third-order valence-electron chi connectivity index (χ3n) is 4.26. The van der Waals surface area contributed by atoms with Gasteiger partial charge in [-0.05, 0) is 12.8 Å². The molecule has 0 saturated carbocycles. The molecule has 1 heterocycles. The summed E-state index contributed by atoms with van der Waals surface area (Å²) >= 11 is 0. The summed E-state index contributed by atoms with van der Waals surface area (Å²) in [6.07, 6.45) is 14.4. The lowest BCUT2D eigenvalue weighted by Gasteiger charge is -2.05. The summed E-state index contributed by atoms with van der Waals surface area (Å²) in [5.74, 6) is 0.288. The van der Waals surface area contributed by atoms with Gasteiger partial charge in [0, 0.05) is 6.54 Å². The lowest BCUT2D eigenvalue weighted by molar-refractivity contribution is 0.0948. The highest BCUT2D eigenvalue weighted by molar-refractivity contribution is 5.91. The Balaban J connectivity index is 2.14. The second-order valence-electron chi connectivity index (χ2n) is 6.55. The summed E-state index contributed by atoms with van der Waals surface area (Å²) in [7, 11) is 0. The van der Waals surface area contributed by atoms with E-state index in [2.05, 4.69) is 24.1 Å². The number of nitrogens with two attached hydrogens (primary N) is 1. The normalized spacial score (nSPS) is 12.3. The van der Waals surface area contributed by atoms with Gasteiger partial charge < -0.3 is 15.5 Å². The fourth-order valence-corrected chi connectivity index (χ4v) is 2.66. The number of carbonyl (C=O) groups is 1. The summed E-state index contributed by atoms with van der Waals surface area (Å²) in [6, 6.07) is -0.223. The molecule has 0 spiro atoms. The van der Waals surface area contributed by atoms with Crippen LogP contribution in [-0.2, 0) is 0 Å². The molecule has 1 atom stereocenters. The molecule has 0 fully saturated rings. The van der Waals surface area contributed by atoms with Crippen molar-refractivity contribution >= 4 is 5.91 Å². The molecule has 138 valence electrons. The van der Waals surface area contributed by atoms with Crippen molar-refractivity contribution in [2.75, 3.05) is 6.54 Å². The van der Waals surface area contributed by atoms with Gasteiger partial charge in [-0.15, -0.1) is 0 Å². The molecule has 5 heteroatoms. The van der Waals surface area contributed by atoms with E-state index in [0.29, 0.717) is 18.1 Å². The molecule has 3 N–H and O–H groups in total. The second-order valence-corrected chi connectivity index (χ2v) is 6.55. The lowest BCUT2D eigenvalue weighted by atomic mass is 10.1. The van der Waals surface area contributed by atoms with Gasteiger partial charge in [-0.1, -0.05) is 71.6 Å². The third-order valence-corrected chi connectivity index (χ3v) is 4.26. The van der Waals surface area contributed by atoms with Crippen LogP contribution in [0.2, 0.25) is 0 Å². The average molecular weight is 338 g/mol. The van der Waals surface area contributed by atoms with E-state index >= 15 is 0 Å². The Morgan fingerprint density at radius 3 is 2.38 bits per heavy atom. The van der Waals surface area contributed by atoms with Crippen molar-refractivity contribution in [1.29, 1.82) is 0 Å². The van der Waals surface area contributed by atoms with E-state index in [0.717, 1.165) is 25.7 Å². The Morgan fingerprint density at radius 2 is 1.71 bits per heavy atom. The van der Waals surface area contributed by atoms with Gasteiger partial charge in [0.05, 0.1) is 6.04 Å². The van der Waals surface area contributed by atoms with Crippen LogP contribution in [0.15, 0.2) is 10.7 Å². The van der Waals surface area contributed by atoms with Crippen LogP contribution in [-0.4, -0.2) is 17.4 Å². The molecule has 0 aromatic carbocycles. The first-order chi connectivity index (χ1) is 11.7. The Morgan fingerprint density at radius 1 is 1.08 bits per heavy atom. The summed E-state index contributed by atoms with van der Waals surface area (Å²) < 4.78 is 5.34. The van der Waals surface area contributed by atoms with Crippen LogP contribution in [0.25, 0.3) is 0 Å². The Hall–Kier alpha value is -1.36. The molecule has 0 aliphatic heterocycles. The number of oxazole rings is 1. The van der Waals surface area contributed by atoms with Crippen molar-refractivity contribution < 1.29 is 9.21 Å². The Bertz CT molecular complexity index is 446. The number of aromatic nitrogens is 1. The predicted octanol–water partition coefficient (Wildman–Crippen LogP) is 4.74. The number of amides is 1. The number of unbranched alkanes of at least 4 members (excludes halogenated alkanes) is 8. The minimum atomic E-state index is -0.223. The van der Waals surface area contributed by atoms with Gasteiger partial charge in [-0.3, -0.25) is 4.79 Å². The molecule has 5 nitrogen and oxygen atoms in total. The highest BCUT2D eigenvalue weighted by Gasteiger charge is 2.16. The number of hydrogen-bond acceptors (Lipinski definition) is 4. The first-order valence-corrected chi connectivity index (χ1v) is 9.68. The first-order valence-electron chi connectivity index (χ1n) is 9.68. The van der Waals surface area contributed by atoms with Crippen molar-refractivity contribution in [3.8, 4) is 0 Å². The quantitative estimate of drug-likeness (QED) is 0.481. The topological polar surface area (TPSA) is 81.2 Å². The van der Waals surface area contributed by atoms with E-state index in [1.54, 1.807) is 0 Å². The third kappa shape index (κ3) is 8.48. The molecular formula is C19H35N3O2. The fourth-order valence-electron chi connectivity index (χ4n) is 2.66. The number of nitrogens with zero attached hydrogens (tertiary/aromatic N) is 1. The first kappa shape index (κ1) is 20.7. The highest BCUT2D eigenvalue weighted by atomic mass is 16.3. The van der Waals surface area contributed by atoms with Crippen LogP contribution < -0.4 is 11.1 Å².